The smallest absolute Gasteiger partial charge is 0.232 e. The second-order valence-electron chi connectivity index (χ2n) is 6.80. The van der Waals surface area contributed by atoms with E-state index in [1.807, 2.05) is 47.4 Å². The van der Waals surface area contributed by atoms with E-state index in [-0.39, 0.29) is 11.8 Å². The molecule has 0 radical (unpaired) electrons. The summed E-state index contributed by atoms with van der Waals surface area (Å²) in [5, 5.41) is 11.8. The molecule has 0 aromatic heterocycles. The van der Waals surface area contributed by atoms with E-state index in [0.29, 0.717) is 34.6 Å². The molecule has 3 nitrogen and oxygen atoms in total. The Kier molecular flexibility index (Phi) is 7.48. The quantitative estimate of drug-likeness (QED) is 0.693. The molecule has 1 amide bonds. The predicted octanol–water partition coefficient (Wildman–Crippen LogP) is 5.20. The molecule has 0 spiro atoms. The number of thioether (sulfide) groups is 1. The standard InChI is InChI=1S/C21H23Cl2NO2S/c22-18-7-6-17(19(23)12-18)13-27-14-20(25)24-10-8-16(9-11-24)21(26)15-4-2-1-3-5-15/h1-7,12,16,21,26H,8-11,13-14H2. The van der Waals surface area contributed by atoms with Crippen molar-refractivity contribution in [2.45, 2.75) is 24.7 Å². The van der Waals surface area contributed by atoms with E-state index in [0.717, 1.165) is 24.0 Å². The highest BCUT2D eigenvalue weighted by atomic mass is 35.5. The third-order valence-corrected chi connectivity index (χ3v) is 6.53. The minimum atomic E-state index is -0.454. The maximum absolute atomic E-state index is 12.5. The van der Waals surface area contributed by atoms with Gasteiger partial charge in [0.15, 0.2) is 0 Å². The summed E-state index contributed by atoms with van der Waals surface area (Å²) < 4.78 is 0. The van der Waals surface area contributed by atoms with Crippen LogP contribution in [-0.2, 0) is 10.5 Å². The molecule has 3 rings (SSSR count). The van der Waals surface area contributed by atoms with Gasteiger partial charge in [0.05, 0.1) is 11.9 Å². The molecular formula is C21H23Cl2NO2S. The van der Waals surface area contributed by atoms with Crippen LogP contribution in [0.25, 0.3) is 0 Å². The Morgan fingerprint density at radius 2 is 1.85 bits per heavy atom. The number of amides is 1. The van der Waals surface area contributed by atoms with Gasteiger partial charge in [0, 0.05) is 28.9 Å². The molecule has 1 N–H and O–H groups in total. The molecule has 2 aromatic rings. The summed E-state index contributed by atoms with van der Waals surface area (Å²) >= 11 is 13.6. The molecule has 1 heterocycles. The zero-order valence-corrected chi connectivity index (χ0v) is 17.3. The maximum atomic E-state index is 12.5. The van der Waals surface area contributed by atoms with Gasteiger partial charge >= 0.3 is 0 Å². The maximum Gasteiger partial charge on any atom is 0.232 e. The lowest BCUT2D eigenvalue weighted by molar-refractivity contribution is -0.130. The van der Waals surface area contributed by atoms with Crippen molar-refractivity contribution in [1.29, 1.82) is 0 Å². The molecule has 144 valence electrons. The Hall–Kier alpha value is -1.20. The average molecular weight is 424 g/mol. The monoisotopic (exact) mass is 423 g/mol. The summed E-state index contributed by atoms with van der Waals surface area (Å²) in [5.41, 5.74) is 1.95. The number of carbonyl (C=O) groups excluding carboxylic acids is 1. The normalized spacial score (nSPS) is 16.3. The molecule has 1 aliphatic heterocycles. The van der Waals surface area contributed by atoms with Crippen LogP contribution in [0.5, 0.6) is 0 Å². The number of benzene rings is 2. The van der Waals surface area contributed by atoms with Crippen molar-refractivity contribution in [3.8, 4) is 0 Å². The van der Waals surface area contributed by atoms with Gasteiger partial charge in [-0.2, -0.15) is 0 Å². The van der Waals surface area contributed by atoms with E-state index in [2.05, 4.69) is 0 Å². The minimum absolute atomic E-state index is 0.151. The number of nitrogens with zero attached hydrogens (tertiary/aromatic N) is 1. The number of carbonyl (C=O) groups is 1. The molecule has 2 aromatic carbocycles. The Morgan fingerprint density at radius 3 is 2.52 bits per heavy atom. The van der Waals surface area contributed by atoms with Crippen LogP contribution in [0.1, 0.15) is 30.1 Å². The van der Waals surface area contributed by atoms with Crippen LogP contribution in [0.4, 0.5) is 0 Å². The number of aliphatic hydroxyl groups excluding tert-OH is 1. The Labute approximate surface area is 174 Å². The Balaban J connectivity index is 1.43. The predicted molar refractivity (Wildman–Crippen MR) is 113 cm³/mol. The van der Waals surface area contributed by atoms with Gasteiger partial charge in [-0.05, 0) is 42.0 Å². The molecule has 1 fully saturated rings. The highest BCUT2D eigenvalue weighted by molar-refractivity contribution is 7.99. The first-order chi connectivity index (χ1) is 13.0. The SMILES string of the molecule is O=C(CSCc1ccc(Cl)cc1Cl)N1CCC(C(O)c2ccccc2)CC1. The third-order valence-electron chi connectivity index (χ3n) is 4.98. The Morgan fingerprint density at radius 1 is 1.15 bits per heavy atom. The summed E-state index contributed by atoms with van der Waals surface area (Å²) in [6, 6.07) is 15.2. The summed E-state index contributed by atoms with van der Waals surface area (Å²) in [5.74, 6) is 1.48. The van der Waals surface area contributed by atoms with Crippen LogP contribution in [0.3, 0.4) is 0 Å². The lowest BCUT2D eigenvalue weighted by atomic mass is 9.87. The van der Waals surface area contributed by atoms with Crippen molar-refractivity contribution in [1.82, 2.24) is 4.90 Å². The molecule has 1 atom stereocenters. The van der Waals surface area contributed by atoms with Crippen molar-refractivity contribution in [3.63, 3.8) is 0 Å². The average Bonchev–Trinajstić information content (AvgIpc) is 2.70. The zero-order chi connectivity index (χ0) is 19.2. The Bertz CT molecular complexity index is 764. The van der Waals surface area contributed by atoms with Gasteiger partial charge in [0.1, 0.15) is 0 Å². The van der Waals surface area contributed by atoms with Crippen LogP contribution in [0.2, 0.25) is 10.0 Å². The molecule has 0 bridgehead atoms. The first-order valence-electron chi connectivity index (χ1n) is 9.07. The highest BCUT2D eigenvalue weighted by Crippen LogP contribution is 2.31. The van der Waals surface area contributed by atoms with Gasteiger partial charge in [0.25, 0.3) is 0 Å². The largest absolute Gasteiger partial charge is 0.388 e. The van der Waals surface area contributed by atoms with Gasteiger partial charge in [-0.25, -0.2) is 0 Å². The third kappa shape index (κ3) is 5.64. The number of aliphatic hydroxyl groups is 1. The van der Waals surface area contributed by atoms with Crippen LogP contribution in [0.15, 0.2) is 48.5 Å². The number of rotatable bonds is 6. The summed E-state index contributed by atoms with van der Waals surface area (Å²) in [4.78, 5) is 14.4. The van der Waals surface area contributed by atoms with Crippen LogP contribution >= 0.6 is 35.0 Å². The fourth-order valence-corrected chi connectivity index (χ4v) is 4.85. The lowest BCUT2D eigenvalue weighted by Crippen LogP contribution is -2.40. The second kappa shape index (κ2) is 9.83. The van der Waals surface area contributed by atoms with Crippen LogP contribution in [-0.4, -0.2) is 34.8 Å². The summed E-state index contributed by atoms with van der Waals surface area (Å²) in [6.07, 6.45) is 1.20. The fourth-order valence-electron chi connectivity index (χ4n) is 3.37. The number of hydrogen-bond donors (Lipinski definition) is 1. The van der Waals surface area contributed by atoms with Crippen molar-refractivity contribution in [2.75, 3.05) is 18.8 Å². The molecule has 27 heavy (non-hydrogen) atoms. The molecule has 1 unspecified atom stereocenters. The van der Waals surface area contributed by atoms with E-state index >= 15 is 0 Å². The van der Waals surface area contributed by atoms with Gasteiger partial charge in [-0.3, -0.25) is 4.79 Å². The van der Waals surface area contributed by atoms with Crippen LogP contribution in [0, 0.1) is 5.92 Å². The fraction of sp³-hybridized carbons (Fsp3) is 0.381. The van der Waals surface area contributed by atoms with Gasteiger partial charge in [0.2, 0.25) is 5.91 Å². The molecule has 6 heteroatoms. The van der Waals surface area contributed by atoms with E-state index in [1.54, 1.807) is 17.8 Å². The van der Waals surface area contributed by atoms with E-state index < -0.39 is 6.10 Å². The molecule has 1 aliphatic rings. The van der Waals surface area contributed by atoms with Gasteiger partial charge < -0.3 is 10.0 Å². The van der Waals surface area contributed by atoms with Gasteiger partial charge in [-0.15, -0.1) is 11.8 Å². The lowest BCUT2D eigenvalue weighted by Gasteiger charge is -2.34. The van der Waals surface area contributed by atoms with Crippen molar-refractivity contribution < 1.29 is 9.90 Å². The molecular weight excluding hydrogens is 401 g/mol. The minimum Gasteiger partial charge on any atom is -0.388 e. The molecule has 1 saturated heterocycles. The topological polar surface area (TPSA) is 40.5 Å². The van der Waals surface area contributed by atoms with Gasteiger partial charge in [-0.1, -0.05) is 59.6 Å². The van der Waals surface area contributed by atoms with Crippen molar-refractivity contribution in [2.24, 2.45) is 5.92 Å². The van der Waals surface area contributed by atoms with E-state index in [4.69, 9.17) is 23.2 Å². The van der Waals surface area contributed by atoms with E-state index in [1.165, 1.54) is 0 Å². The van der Waals surface area contributed by atoms with Crippen molar-refractivity contribution >= 4 is 40.9 Å². The highest BCUT2D eigenvalue weighted by Gasteiger charge is 2.28. The zero-order valence-electron chi connectivity index (χ0n) is 15.0. The summed E-state index contributed by atoms with van der Waals surface area (Å²) in [6.45, 7) is 1.41. The van der Waals surface area contributed by atoms with Crippen molar-refractivity contribution in [3.05, 3.63) is 69.7 Å². The van der Waals surface area contributed by atoms with Crippen LogP contribution < -0.4 is 0 Å². The second-order valence-corrected chi connectivity index (χ2v) is 8.63. The first kappa shape index (κ1) is 20.5. The molecule has 0 aliphatic carbocycles. The molecule has 0 saturated carbocycles. The van der Waals surface area contributed by atoms with E-state index in [9.17, 15) is 9.90 Å². The summed E-state index contributed by atoms with van der Waals surface area (Å²) in [7, 11) is 0. The number of piperidine rings is 1. The first-order valence-corrected chi connectivity index (χ1v) is 11.0. The number of hydrogen-bond acceptors (Lipinski definition) is 3. The number of likely N-dealkylation sites (tertiary alicyclic amines) is 1. The number of halogens is 2.